The molecule has 0 aromatic heterocycles. The lowest BCUT2D eigenvalue weighted by molar-refractivity contribution is -0.282. The topological polar surface area (TPSA) is 38.8 Å². The van der Waals surface area contributed by atoms with Crippen molar-refractivity contribution in [3.63, 3.8) is 0 Å². The highest BCUT2D eigenvalue weighted by atomic mass is 16.7. The van der Waals surface area contributed by atoms with E-state index in [1.165, 1.54) is 6.08 Å². The van der Waals surface area contributed by atoms with Gasteiger partial charge < -0.3 is 14.4 Å². The summed E-state index contributed by atoms with van der Waals surface area (Å²) in [5.74, 6) is -0.406. The Balaban J connectivity index is 1.90. The minimum Gasteiger partial charge on any atom is -0.350 e. The molecule has 2 aliphatic rings. The van der Waals surface area contributed by atoms with Gasteiger partial charge in [0.25, 0.3) is 0 Å². The summed E-state index contributed by atoms with van der Waals surface area (Å²) in [5.41, 5.74) is 0. The minimum atomic E-state index is -0.407. The highest BCUT2D eigenvalue weighted by Gasteiger charge is 2.38. The molecule has 0 radical (unpaired) electrons. The summed E-state index contributed by atoms with van der Waals surface area (Å²) < 4.78 is 11.4. The predicted octanol–water partition coefficient (Wildman–Crippen LogP) is 0.928. The molecular weight excluding hydrogens is 194 g/mol. The molecule has 2 fully saturated rings. The van der Waals surface area contributed by atoms with Crippen LogP contribution in [-0.4, -0.2) is 42.9 Å². The van der Waals surface area contributed by atoms with E-state index in [2.05, 4.69) is 6.58 Å². The number of ether oxygens (including phenoxy) is 2. The second-order valence-electron chi connectivity index (χ2n) is 3.99. The van der Waals surface area contributed by atoms with E-state index in [1.807, 2.05) is 0 Å². The predicted molar refractivity (Wildman–Crippen MR) is 55.3 cm³/mol. The third-order valence-corrected chi connectivity index (χ3v) is 3.03. The molecule has 0 aromatic rings. The monoisotopic (exact) mass is 211 g/mol. The largest absolute Gasteiger partial charge is 0.350 e. The van der Waals surface area contributed by atoms with Crippen molar-refractivity contribution < 1.29 is 14.3 Å². The van der Waals surface area contributed by atoms with Crippen LogP contribution in [0.25, 0.3) is 0 Å². The SMILES string of the molecule is C=CC(=O)N1CCC2(CC1)OCCCO2. The lowest BCUT2D eigenvalue weighted by Gasteiger charge is -2.43. The van der Waals surface area contributed by atoms with E-state index in [0.29, 0.717) is 13.1 Å². The number of likely N-dealkylation sites (tertiary alicyclic amines) is 1. The molecule has 1 amide bonds. The van der Waals surface area contributed by atoms with E-state index in [-0.39, 0.29) is 5.91 Å². The van der Waals surface area contributed by atoms with Crippen LogP contribution < -0.4 is 0 Å². The molecule has 0 atom stereocenters. The average Bonchev–Trinajstić information content (AvgIpc) is 2.30. The smallest absolute Gasteiger partial charge is 0.245 e. The van der Waals surface area contributed by atoms with E-state index < -0.39 is 5.79 Å². The number of amides is 1. The Bertz CT molecular complexity index is 249. The molecule has 2 rings (SSSR count). The molecule has 0 N–H and O–H groups in total. The highest BCUT2D eigenvalue weighted by Crippen LogP contribution is 2.30. The number of rotatable bonds is 1. The Labute approximate surface area is 89.8 Å². The van der Waals surface area contributed by atoms with Gasteiger partial charge in [-0.2, -0.15) is 0 Å². The minimum absolute atomic E-state index is 0.000611. The zero-order valence-electron chi connectivity index (χ0n) is 8.91. The normalized spacial score (nSPS) is 25.2. The number of hydrogen-bond donors (Lipinski definition) is 0. The van der Waals surface area contributed by atoms with Crippen LogP contribution in [0.15, 0.2) is 12.7 Å². The second kappa shape index (κ2) is 4.33. The van der Waals surface area contributed by atoms with E-state index in [1.54, 1.807) is 4.90 Å². The van der Waals surface area contributed by atoms with Gasteiger partial charge in [-0.25, -0.2) is 0 Å². The van der Waals surface area contributed by atoms with Gasteiger partial charge in [0.1, 0.15) is 0 Å². The van der Waals surface area contributed by atoms with Crippen LogP contribution in [0.3, 0.4) is 0 Å². The summed E-state index contributed by atoms with van der Waals surface area (Å²) in [7, 11) is 0. The third kappa shape index (κ3) is 2.21. The molecule has 2 saturated heterocycles. The maximum Gasteiger partial charge on any atom is 0.245 e. The van der Waals surface area contributed by atoms with Crippen LogP contribution >= 0.6 is 0 Å². The summed E-state index contributed by atoms with van der Waals surface area (Å²) in [6.45, 7) is 6.43. The third-order valence-electron chi connectivity index (χ3n) is 3.03. The first-order chi connectivity index (χ1) is 7.26. The van der Waals surface area contributed by atoms with E-state index >= 15 is 0 Å². The molecule has 4 nitrogen and oxygen atoms in total. The van der Waals surface area contributed by atoms with Crippen LogP contribution in [0.2, 0.25) is 0 Å². The first-order valence-electron chi connectivity index (χ1n) is 5.45. The molecule has 2 heterocycles. The van der Waals surface area contributed by atoms with E-state index in [9.17, 15) is 4.79 Å². The van der Waals surface area contributed by atoms with Gasteiger partial charge in [0.2, 0.25) is 5.91 Å². The van der Waals surface area contributed by atoms with Crippen molar-refractivity contribution in [3.8, 4) is 0 Å². The van der Waals surface area contributed by atoms with Crippen molar-refractivity contribution in [3.05, 3.63) is 12.7 Å². The summed E-state index contributed by atoms with van der Waals surface area (Å²) in [4.78, 5) is 13.2. The lowest BCUT2D eigenvalue weighted by atomic mass is 10.0. The van der Waals surface area contributed by atoms with Crippen LogP contribution in [0.5, 0.6) is 0 Å². The number of hydrogen-bond acceptors (Lipinski definition) is 3. The molecule has 0 saturated carbocycles. The number of piperidine rings is 1. The van der Waals surface area contributed by atoms with Gasteiger partial charge in [0.15, 0.2) is 5.79 Å². The van der Waals surface area contributed by atoms with Crippen molar-refractivity contribution in [2.45, 2.75) is 25.0 Å². The molecule has 0 unspecified atom stereocenters. The van der Waals surface area contributed by atoms with E-state index in [0.717, 1.165) is 32.5 Å². The van der Waals surface area contributed by atoms with Gasteiger partial charge >= 0.3 is 0 Å². The standard InChI is InChI=1S/C11H17NO3/c1-2-10(13)12-6-4-11(5-7-12)14-8-3-9-15-11/h2H,1,3-9H2. The summed E-state index contributed by atoms with van der Waals surface area (Å²) in [6.07, 6.45) is 3.87. The van der Waals surface area contributed by atoms with Gasteiger partial charge in [-0.3, -0.25) is 4.79 Å². The molecule has 2 aliphatic heterocycles. The van der Waals surface area contributed by atoms with Crippen molar-refractivity contribution in [2.24, 2.45) is 0 Å². The Morgan fingerprint density at radius 1 is 1.27 bits per heavy atom. The van der Waals surface area contributed by atoms with Crippen molar-refractivity contribution in [2.75, 3.05) is 26.3 Å². The second-order valence-corrected chi connectivity index (χ2v) is 3.99. The van der Waals surface area contributed by atoms with Gasteiger partial charge in [-0.15, -0.1) is 0 Å². The van der Waals surface area contributed by atoms with Gasteiger partial charge in [0.05, 0.1) is 13.2 Å². The molecule has 15 heavy (non-hydrogen) atoms. The first-order valence-corrected chi connectivity index (χ1v) is 5.45. The number of carbonyl (C=O) groups excluding carboxylic acids is 1. The van der Waals surface area contributed by atoms with Gasteiger partial charge in [0, 0.05) is 25.9 Å². The maximum atomic E-state index is 11.4. The van der Waals surface area contributed by atoms with Gasteiger partial charge in [-0.05, 0) is 12.5 Å². The fourth-order valence-corrected chi connectivity index (χ4v) is 2.10. The Kier molecular flexibility index (Phi) is 3.07. The van der Waals surface area contributed by atoms with Crippen LogP contribution in [0.4, 0.5) is 0 Å². The summed E-state index contributed by atoms with van der Waals surface area (Å²) >= 11 is 0. The van der Waals surface area contributed by atoms with Crippen molar-refractivity contribution in [1.29, 1.82) is 0 Å². The Hall–Kier alpha value is -0.870. The summed E-state index contributed by atoms with van der Waals surface area (Å²) in [5, 5.41) is 0. The van der Waals surface area contributed by atoms with Crippen molar-refractivity contribution >= 4 is 5.91 Å². The highest BCUT2D eigenvalue weighted by molar-refractivity contribution is 5.87. The molecule has 0 aliphatic carbocycles. The molecular formula is C11H17NO3. The summed E-state index contributed by atoms with van der Waals surface area (Å²) in [6, 6.07) is 0. The molecule has 0 aromatic carbocycles. The number of carbonyl (C=O) groups is 1. The number of nitrogens with zero attached hydrogens (tertiary/aromatic N) is 1. The first kappa shape index (κ1) is 10.6. The van der Waals surface area contributed by atoms with Crippen LogP contribution in [0, 0.1) is 0 Å². The van der Waals surface area contributed by atoms with Crippen LogP contribution in [0.1, 0.15) is 19.3 Å². The Morgan fingerprint density at radius 2 is 1.87 bits per heavy atom. The lowest BCUT2D eigenvalue weighted by Crippen LogP contribution is -2.51. The molecule has 4 heteroatoms. The molecule has 1 spiro atoms. The Morgan fingerprint density at radius 3 is 2.40 bits per heavy atom. The van der Waals surface area contributed by atoms with Gasteiger partial charge in [-0.1, -0.05) is 6.58 Å². The zero-order chi connectivity index (χ0) is 10.7. The quantitative estimate of drug-likeness (QED) is 0.606. The maximum absolute atomic E-state index is 11.4. The zero-order valence-corrected chi connectivity index (χ0v) is 8.91. The average molecular weight is 211 g/mol. The fraction of sp³-hybridized carbons (Fsp3) is 0.727. The fourth-order valence-electron chi connectivity index (χ4n) is 2.10. The molecule has 0 bridgehead atoms. The van der Waals surface area contributed by atoms with Crippen molar-refractivity contribution in [1.82, 2.24) is 4.90 Å². The van der Waals surface area contributed by atoms with E-state index in [4.69, 9.17) is 9.47 Å². The van der Waals surface area contributed by atoms with Crippen LogP contribution in [-0.2, 0) is 14.3 Å². The molecule has 84 valence electrons.